The predicted octanol–water partition coefficient (Wildman–Crippen LogP) is 4.30. The number of aliphatic hydroxyl groups excluding tert-OH is 1. The van der Waals surface area contributed by atoms with Crippen LogP contribution in [0.4, 0.5) is 0 Å². The molecule has 0 amide bonds. The molecule has 0 radical (unpaired) electrons. The van der Waals surface area contributed by atoms with E-state index in [1.807, 2.05) is 54.6 Å². The summed E-state index contributed by atoms with van der Waals surface area (Å²) in [7, 11) is 0. The molecule has 2 atom stereocenters. The van der Waals surface area contributed by atoms with Crippen molar-refractivity contribution >= 4 is 21.6 Å². The van der Waals surface area contributed by atoms with Gasteiger partial charge in [-0.25, -0.2) is 4.98 Å². The molecular formula is C17H15NOS. The minimum Gasteiger partial charge on any atom is -0.387 e. The normalized spacial score (nSPS) is 14.1. The highest BCUT2D eigenvalue weighted by atomic mass is 32.1. The third-order valence-electron chi connectivity index (χ3n) is 3.33. The fourth-order valence-electron chi connectivity index (χ4n) is 2.25. The van der Waals surface area contributed by atoms with Crippen LogP contribution in [0.2, 0.25) is 0 Å². The van der Waals surface area contributed by atoms with Crippen LogP contribution < -0.4 is 0 Å². The Morgan fingerprint density at radius 2 is 1.75 bits per heavy atom. The molecule has 20 heavy (non-hydrogen) atoms. The molecule has 0 aliphatic heterocycles. The Morgan fingerprint density at radius 1 is 1.05 bits per heavy atom. The molecule has 0 fully saturated rings. The third kappa shape index (κ3) is 2.38. The highest BCUT2D eigenvalue weighted by molar-refractivity contribution is 7.18. The van der Waals surface area contributed by atoms with Gasteiger partial charge in [0.1, 0.15) is 5.01 Å². The van der Waals surface area contributed by atoms with Crippen LogP contribution in [-0.2, 0) is 0 Å². The number of thiazole rings is 1. The molecule has 0 saturated carbocycles. The van der Waals surface area contributed by atoms with E-state index in [1.165, 1.54) is 0 Å². The van der Waals surface area contributed by atoms with Gasteiger partial charge >= 0.3 is 0 Å². The van der Waals surface area contributed by atoms with Crippen LogP contribution >= 0.6 is 11.3 Å². The molecule has 3 aromatic rings. The van der Waals surface area contributed by atoms with Crippen LogP contribution in [0.3, 0.4) is 0 Å². The van der Waals surface area contributed by atoms with Crippen LogP contribution in [0.25, 0.3) is 10.2 Å². The molecule has 0 aliphatic carbocycles. The molecule has 0 aliphatic rings. The zero-order valence-corrected chi connectivity index (χ0v) is 11.8. The van der Waals surface area contributed by atoms with E-state index in [0.717, 1.165) is 20.8 Å². The summed E-state index contributed by atoms with van der Waals surface area (Å²) in [6, 6.07) is 17.7. The second-order valence-corrected chi connectivity index (χ2v) is 5.70. The molecule has 100 valence electrons. The van der Waals surface area contributed by atoms with Gasteiger partial charge in [-0.3, -0.25) is 0 Å². The smallest absolute Gasteiger partial charge is 0.104 e. The number of aromatic nitrogens is 1. The van der Waals surface area contributed by atoms with Crippen molar-refractivity contribution in [3.05, 3.63) is 77.8 Å². The minimum absolute atomic E-state index is 0.185. The van der Waals surface area contributed by atoms with Gasteiger partial charge in [0.2, 0.25) is 0 Å². The summed E-state index contributed by atoms with van der Waals surface area (Å²) in [5.41, 5.74) is 1.86. The Kier molecular flexibility index (Phi) is 3.63. The van der Waals surface area contributed by atoms with Crippen molar-refractivity contribution in [1.29, 1.82) is 0 Å². The maximum absolute atomic E-state index is 10.6. The van der Waals surface area contributed by atoms with E-state index in [1.54, 1.807) is 17.4 Å². The van der Waals surface area contributed by atoms with Gasteiger partial charge in [-0.15, -0.1) is 17.9 Å². The second-order valence-electron chi connectivity index (χ2n) is 4.64. The Labute approximate surface area is 122 Å². The van der Waals surface area contributed by atoms with E-state index in [2.05, 4.69) is 11.6 Å². The Balaban J connectivity index is 1.99. The number of nitrogens with zero attached hydrogens (tertiary/aromatic N) is 1. The summed E-state index contributed by atoms with van der Waals surface area (Å²) in [6.07, 6.45) is 1.16. The van der Waals surface area contributed by atoms with Gasteiger partial charge in [0.05, 0.1) is 22.2 Å². The number of rotatable bonds is 4. The lowest BCUT2D eigenvalue weighted by Crippen LogP contribution is -2.08. The van der Waals surface area contributed by atoms with Gasteiger partial charge in [0.15, 0.2) is 0 Å². The molecule has 2 nitrogen and oxygen atoms in total. The molecule has 1 N–H and O–H groups in total. The highest BCUT2D eigenvalue weighted by Gasteiger charge is 2.22. The van der Waals surface area contributed by atoms with E-state index in [-0.39, 0.29) is 5.92 Å². The van der Waals surface area contributed by atoms with Crippen molar-refractivity contribution in [3.8, 4) is 0 Å². The van der Waals surface area contributed by atoms with Gasteiger partial charge in [0, 0.05) is 0 Å². The van der Waals surface area contributed by atoms with Gasteiger partial charge < -0.3 is 5.11 Å². The number of hydrogen-bond donors (Lipinski definition) is 1. The third-order valence-corrected chi connectivity index (χ3v) is 4.47. The van der Waals surface area contributed by atoms with Crippen LogP contribution in [-0.4, -0.2) is 10.1 Å². The molecule has 3 heteroatoms. The van der Waals surface area contributed by atoms with Crippen LogP contribution in [0.5, 0.6) is 0 Å². The topological polar surface area (TPSA) is 33.1 Å². The molecule has 2 aromatic carbocycles. The number of fused-ring (bicyclic) bond motifs is 1. The second kappa shape index (κ2) is 5.57. The van der Waals surface area contributed by atoms with Gasteiger partial charge in [-0.2, -0.15) is 0 Å². The van der Waals surface area contributed by atoms with E-state index < -0.39 is 6.10 Å². The minimum atomic E-state index is -0.616. The Hall–Kier alpha value is -1.97. The lowest BCUT2D eigenvalue weighted by Gasteiger charge is -2.17. The lowest BCUT2D eigenvalue weighted by atomic mass is 9.96. The lowest BCUT2D eigenvalue weighted by molar-refractivity contribution is 0.162. The zero-order valence-electron chi connectivity index (χ0n) is 10.9. The molecule has 3 rings (SSSR count). The maximum atomic E-state index is 10.6. The summed E-state index contributed by atoms with van der Waals surface area (Å²) < 4.78 is 1.13. The van der Waals surface area contributed by atoms with Crippen molar-refractivity contribution in [2.75, 3.05) is 0 Å². The summed E-state index contributed by atoms with van der Waals surface area (Å²) >= 11 is 1.61. The molecular weight excluding hydrogens is 266 g/mol. The van der Waals surface area contributed by atoms with Crippen LogP contribution in [0.1, 0.15) is 22.6 Å². The van der Waals surface area contributed by atoms with E-state index in [0.29, 0.717) is 0 Å². The van der Waals surface area contributed by atoms with Crippen molar-refractivity contribution in [2.24, 2.45) is 0 Å². The van der Waals surface area contributed by atoms with E-state index >= 15 is 0 Å². The van der Waals surface area contributed by atoms with Gasteiger partial charge in [-0.1, -0.05) is 48.5 Å². The Morgan fingerprint density at radius 3 is 2.45 bits per heavy atom. The average Bonchev–Trinajstić information content (AvgIpc) is 2.92. The molecule has 0 spiro atoms. The zero-order chi connectivity index (χ0) is 13.9. The molecule has 0 unspecified atom stereocenters. The van der Waals surface area contributed by atoms with E-state index in [9.17, 15) is 5.11 Å². The number of benzene rings is 2. The van der Waals surface area contributed by atoms with Gasteiger partial charge in [-0.05, 0) is 17.7 Å². The first-order chi connectivity index (χ1) is 9.79. The summed E-state index contributed by atoms with van der Waals surface area (Å²) in [5.74, 6) is -0.185. The monoisotopic (exact) mass is 281 g/mol. The van der Waals surface area contributed by atoms with Crippen LogP contribution in [0.15, 0.2) is 67.3 Å². The SMILES string of the molecule is C=C[C@@H](c1nc2ccccc2s1)[C@@H](O)c1ccccc1. The highest BCUT2D eigenvalue weighted by Crippen LogP contribution is 2.36. The molecule has 0 bridgehead atoms. The number of para-hydroxylation sites is 1. The molecule has 0 saturated heterocycles. The first-order valence-corrected chi connectivity index (χ1v) is 7.32. The quantitative estimate of drug-likeness (QED) is 0.723. The van der Waals surface area contributed by atoms with Crippen molar-refractivity contribution in [1.82, 2.24) is 4.98 Å². The Bertz CT molecular complexity index is 687. The van der Waals surface area contributed by atoms with Gasteiger partial charge in [0.25, 0.3) is 0 Å². The molecule has 1 heterocycles. The van der Waals surface area contributed by atoms with Crippen LogP contribution in [0, 0.1) is 0 Å². The first-order valence-electron chi connectivity index (χ1n) is 6.50. The average molecular weight is 281 g/mol. The van der Waals surface area contributed by atoms with Crippen molar-refractivity contribution in [3.63, 3.8) is 0 Å². The summed E-state index contributed by atoms with van der Waals surface area (Å²) in [6.45, 7) is 3.86. The van der Waals surface area contributed by atoms with Crippen molar-refractivity contribution < 1.29 is 5.11 Å². The summed E-state index contributed by atoms with van der Waals surface area (Å²) in [5, 5.41) is 11.5. The first kappa shape index (κ1) is 13.0. The van der Waals surface area contributed by atoms with E-state index in [4.69, 9.17) is 0 Å². The number of hydrogen-bond acceptors (Lipinski definition) is 3. The fourth-order valence-corrected chi connectivity index (χ4v) is 3.35. The molecule has 1 aromatic heterocycles. The van der Waals surface area contributed by atoms with Crippen molar-refractivity contribution in [2.45, 2.75) is 12.0 Å². The number of aliphatic hydroxyl groups is 1. The maximum Gasteiger partial charge on any atom is 0.104 e. The standard InChI is InChI=1S/C17H15NOS/c1-2-13(16(19)12-8-4-3-5-9-12)17-18-14-10-6-7-11-15(14)20-17/h2-11,13,16,19H,1H2/t13-,16+/m1/s1. The largest absolute Gasteiger partial charge is 0.387 e. The predicted molar refractivity (Wildman–Crippen MR) is 84.0 cm³/mol. The fraction of sp³-hybridized carbons (Fsp3) is 0.118. The summed E-state index contributed by atoms with van der Waals surface area (Å²) in [4.78, 5) is 4.62.